The quantitative estimate of drug-likeness (QED) is 0.811. The number of allylic oxidation sites excluding steroid dienone is 1. The zero-order valence-corrected chi connectivity index (χ0v) is 15.4. The van der Waals surface area contributed by atoms with Crippen LogP contribution >= 0.6 is 0 Å². The molecule has 0 aliphatic carbocycles. The van der Waals surface area contributed by atoms with Crippen molar-refractivity contribution in [2.75, 3.05) is 6.61 Å². The van der Waals surface area contributed by atoms with Crippen LogP contribution in [0.4, 0.5) is 0 Å². The Morgan fingerprint density at radius 1 is 0.960 bits per heavy atom. The Labute approximate surface area is 148 Å². The molecule has 1 unspecified atom stereocenters. The molecule has 3 rings (SSSR count). The highest BCUT2D eigenvalue weighted by molar-refractivity contribution is 8.05. The molecule has 1 atom stereocenters. The second kappa shape index (κ2) is 7.01. The Bertz CT molecular complexity index is 993. The van der Waals surface area contributed by atoms with Crippen molar-refractivity contribution in [3.8, 4) is 0 Å². The van der Waals surface area contributed by atoms with Crippen molar-refractivity contribution in [2.45, 2.75) is 29.6 Å². The third-order valence-corrected chi connectivity index (χ3v) is 7.82. The van der Waals surface area contributed by atoms with Crippen LogP contribution in [0.5, 0.6) is 0 Å². The molecule has 0 spiro atoms. The molecule has 7 heteroatoms. The summed E-state index contributed by atoms with van der Waals surface area (Å²) in [4.78, 5) is 0.362. The number of ether oxygens (including phenoxy) is 1. The molecule has 0 radical (unpaired) electrons. The van der Waals surface area contributed by atoms with E-state index >= 15 is 0 Å². The Balaban J connectivity index is 2.17. The van der Waals surface area contributed by atoms with Gasteiger partial charge in [0, 0.05) is 6.42 Å². The van der Waals surface area contributed by atoms with E-state index in [1.54, 1.807) is 42.5 Å². The maximum absolute atomic E-state index is 13.5. The van der Waals surface area contributed by atoms with Crippen LogP contribution in [0.25, 0.3) is 0 Å². The van der Waals surface area contributed by atoms with Crippen molar-refractivity contribution in [3.63, 3.8) is 0 Å². The van der Waals surface area contributed by atoms with E-state index in [1.807, 2.05) is 6.92 Å². The SMILES string of the molecule is Cc1ccc(S(=O)(=O)N=S(=O)(/C=C2/CCCO2)c2ccccc2)cc1. The van der Waals surface area contributed by atoms with Gasteiger partial charge in [-0.2, -0.15) is 8.42 Å². The molecule has 0 saturated carbocycles. The summed E-state index contributed by atoms with van der Waals surface area (Å²) in [6.07, 6.45) is 1.45. The van der Waals surface area contributed by atoms with E-state index in [0.717, 1.165) is 12.0 Å². The lowest BCUT2D eigenvalue weighted by atomic mass is 10.2. The van der Waals surface area contributed by atoms with Gasteiger partial charge in [-0.05, 0) is 37.6 Å². The van der Waals surface area contributed by atoms with Crippen LogP contribution in [0, 0.1) is 6.92 Å². The van der Waals surface area contributed by atoms with Gasteiger partial charge in [0.15, 0.2) is 0 Å². The van der Waals surface area contributed by atoms with Gasteiger partial charge >= 0.3 is 0 Å². The minimum atomic E-state index is -4.08. The van der Waals surface area contributed by atoms with Crippen LogP contribution in [0.2, 0.25) is 0 Å². The maximum Gasteiger partial charge on any atom is 0.290 e. The predicted octanol–water partition coefficient (Wildman–Crippen LogP) is 3.86. The zero-order valence-electron chi connectivity index (χ0n) is 13.8. The number of hydrogen-bond donors (Lipinski definition) is 0. The molecular weight excluding hydrogens is 358 g/mol. The van der Waals surface area contributed by atoms with Crippen molar-refractivity contribution in [1.29, 1.82) is 0 Å². The monoisotopic (exact) mass is 377 g/mol. The van der Waals surface area contributed by atoms with Gasteiger partial charge in [-0.15, -0.1) is 0 Å². The van der Waals surface area contributed by atoms with Gasteiger partial charge in [-0.25, -0.2) is 4.21 Å². The minimum Gasteiger partial charge on any atom is -0.497 e. The van der Waals surface area contributed by atoms with E-state index in [-0.39, 0.29) is 4.90 Å². The second-order valence-corrected chi connectivity index (χ2v) is 9.64. The van der Waals surface area contributed by atoms with Crippen LogP contribution in [0.15, 0.2) is 79.3 Å². The fraction of sp³-hybridized carbons (Fsp3) is 0.222. The molecule has 132 valence electrons. The van der Waals surface area contributed by atoms with Crippen molar-refractivity contribution in [3.05, 3.63) is 71.3 Å². The van der Waals surface area contributed by atoms with E-state index in [0.29, 0.717) is 23.7 Å². The van der Waals surface area contributed by atoms with E-state index in [4.69, 9.17) is 4.74 Å². The molecule has 2 aromatic carbocycles. The summed E-state index contributed by atoms with van der Waals surface area (Å²) in [6, 6.07) is 14.7. The molecule has 0 aromatic heterocycles. The number of hydrogen-bond acceptors (Lipinski definition) is 4. The molecule has 0 N–H and O–H groups in total. The lowest BCUT2D eigenvalue weighted by Crippen LogP contribution is -2.05. The van der Waals surface area contributed by atoms with Gasteiger partial charge in [-0.3, -0.25) is 0 Å². The van der Waals surface area contributed by atoms with Crippen LogP contribution in [0.3, 0.4) is 0 Å². The van der Waals surface area contributed by atoms with E-state index in [9.17, 15) is 12.6 Å². The van der Waals surface area contributed by atoms with Crippen LogP contribution in [-0.4, -0.2) is 19.2 Å². The first-order valence-electron chi connectivity index (χ1n) is 7.88. The third-order valence-electron chi connectivity index (χ3n) is 3.75. The Morgan fingerprint density at radius 2 is 1.64 bits per heavy atom. The number of rotatable bonds is 4. The van der Waals surface area contributed by atoms with Crippen molar-refractivity contribution in [1.82, 2.24) is 0 Å². The van der Waals surface area contributed by atoms with E-state index in [1.165, 1.54) is 17.5 Å². The van der Waals surface area contributed by atoms with Crippen LogP contribution in [-0.2, 0) is 24.5 Å². The highest BCUT2D eigenvalue weighted by Crippen LogP contribution is 2.25. The minimum absolute atomic E-state index is 0.0208. The summed E-state index contributed by atoms with van der Waals surface area (Å²) in [7, 11) is -7.39. The topological polar surface area (TPSA) is 72.8 Å². The molecule has 1 aliphatic rings. The summed E-state index contributed by atoms with van der Waals surface area (Å²) in [5, 5.41) is 1.36. The lowest BCUT2D eigenvalue weighted by molar-refractivity contribution is 0.264. The van der Waals surface area contributed by atoms with Gasteiger partial charge < -0.3 is 4.74 Å². The van der Waals surface area contributed by atoms with Gasteiger partial charge in [0.2, 0.25) is 0 Å². The molecule has 1 saturated heterocycles. The summed E-state index contributed by atoms with van der Waals surface area (Å²) < 4.78 is 48.1. The molecule has 1 heterocycles. The van der Waals surface area contributed by atoms with Gasteiger partial charge in [0.05, 0.1) is 21.8 Å². The first kappa shape index (κ1) is 17.7. The normalized spacial score (nSPS) is 18.5. The molecule has 1 fully saturated rings. The molecular formula is C18H19NO4S2. The summed E-state index contributed by atoms with van der Waals surface area (Å²) >= 11 is 0. The standard InChI is InChI=1S/C18H19NO4S2/c1-15-9-11-18(12-10-15)25(21,22)19-24(20,14-16-6-5-13-23-16)17-7-3-2-4-8-17/h2-4,7-12,14H,5-6,13H2,1H3/b16-14-. The second-order valence-electron chi connectivity index (χ2n) is 5.78. The van der Waals surface area contributed by atoms with Crippen molar-refractivity contribution < 1.29 is 17.4 Å². The highest BCUT2D eigenvalue weighted by atomic mass is 32.3. The highest BCUT2D eigenvalue weighted by Gasteiger charge is 2.21. The number of nitrogens with zero attached hydrogens (tertiary/aromatic N) is 1. The largest absolute Gasteiger partial charge is 0.497 e. The lowest BCUT2D eigenvalue weighted by Gasteiger charge is -2.08. The van der Waals surface area contributed by atoms with E-state index < -0.39 is 19.8 Å². The molecule has 0 amide bonds. The van der Waals surface area contributed by atoms with Crippen molar-refractivity contribution >= 4 is 19.8 Å². The summed E-state index contributed by atoms with van der Waals surface area (Å²) in [5.41, 5.74) is 0.934. The third kappa shape index (κ3) is 4.11. The van der Waals surface area contributed by atoms with Crippen LogP contribution < -0.4 is 0 Å². The summed E-state index contributed by atoms with van der Waals surface area (Å²) in [5.74, 6) is 0.525. The molecule has 0 bridgehead atoms. The first-order chi connectivity index (χ1) is 11.9. The fourth-order valence-electron chi connectivity index (χ4n) is 2.44. The Morgan fingerprint density at radius 3 is 2.24 bits per heavy atom. The Kier molecular flexibility index (Phi) is 4.96. The predicted molar refractivity (Wildman–Crippen MR) is 96.9 cm³/mol. The smallest absolute Gasteiger partial charge is 0.290 e. The zero-order chi connectivity index (χ0) is 17.9. The molecule has 5 nitrogen and oxygen atoms in total. The Hall–Kier alpha value is -2.12. The van der Waals surface area contributed by atoms with Gasteiger partial charge in [-0.1, -0.05) is 39.7 Å². The van der Waals surface area contributed by atoms with Crippen LogP contribution in [0.1, 0.15) is 18.4 Å². The average molecular weight is 377 g/mol. The number of benzene rings is 2. The van der Waals surface area contributed by atoms with Gasteiger partial charge in [0.1, 0.15) is 15.5 Å². The maximum atomic E-state index is 13.5. The number of aryl methyl sites for hydroxylation is 1. The van der Waals surface area contributed by atoms with E-state index in [2.05, 4.69) is 3.77 Å². The first-order valence-corrected chi connectivity index (χ1v) is 10.9. The summed E-state index contributed by atoms with van der Waals surface area (Å²) in [6.45, 7) is 2.41. The fourth-order valence-corrected chi connectivity index (χ4v) is 6.17. The average Bonchev–Trinajstić information content (AvgIpc) is 3.08. The molecule has 1 aliphatic heterocycles. The van der Waals surface area contributed by atoms with Crippen molar-refractivity contribution in [2.24, 2.45) is 3.77 Å². The number of sulfonamides is 1. The molecule has 2 aromatic rings. The molecule has 25 heavy (non-hydrogen) atoms. The van der Waals surface area contributed by atoms with Gasteiger partial charge in [0.25, 0.3) is 10.0 Å².